The van der Waals surface area contributed by atoms with E-state index in [9.17, 15) is 0 Å². The Kier molecular flexibility index (Phi) is 6.92. The lowest BCUT2D eigenvalue weighted by molar-refractivity contribution is 0.168. The lowest BCUT2D eigenvalue weighted by Gasteiger charge is -2.35. The van der Waals surface area contributed by atoms with Gasteiger partial charge in [0.2, 0.25) is 0 Å². The standard InChI is InChI=1S/C19H37N5S/c1-4-20-18(21-15-19(22(2)3)9-13-25-16-19)24-12-8-17(14-24)23-10-6-5-7-11-23/h17H,4-16H2,1-3H3,(H,20,21). The van der Waals surface area contributed by atoms with Crippen LogP contribution in [0.1, 0.15) is 39.0 Å². The van der Waals surface area contributed by atoms with Gasteiger partial charge in [0.15, 0.2) is 5.96 Å². The Morgan fingerprint density at radius 1 is 1.24 bits per heavy atom. The highest BCUT2D eigenvalue weighted by Gasteiger charge is 2.37. The van der Waals surface area contributed by atoms with E-state index in [1.807, 2.05) is 0 Å². The van der Waals surface area contributed by atoms with Gasteiger partial charge >= 0.3 is 0 Å². The molecule has 0 amide bonds. The fourth-order valence-electron chi connectivity index (χ4n) is 4.38. The van der Waals surface area contributed by atoms with Crippen molar-refractivity contribution in [1.82, 2.24) is 20.0 Å². The van der Waals surface area contributed by atoms with E-state index in [0.29, 0.717) is 0 Å². The van der Waals surface area contributed by atoms with E-state index in [4.69, 9.17) is 4.99 Å². The number of thioether (sulfide) groups is 1. The van der Waals surface area contributed by atoms with Crippen LogP contribution < -0.4 is 5.32 Å². The predicted molar refractivity (Wildman–Crippen MR) is 110 cm³/mol. The number of hydrogen-bond acceptors (Lipinski definition) is 4. The number of guanidine groups is 1. The Labute approximate surface area is 158 Å². The van der Waals surface area contributed by atoms with Crippen molar-refractivity contribution < 1.29 is 0 Å². The Bertz CT molecular complexity index is 441. The first kappa shape index (κ1) is 19.3. The van der Waals surface area contributed by atoms with Crippen LogP contribution in [0, 0.1) is 0 Å². The number of likely N-dealkylation sites (tertiary alicyclic amines) is 2. The highest BCUT2D eigenvalue weighted by Crippen LogP contribution is 2.32. The van der Waals surface area contributed by atoms with Crippen LogP contribution in [0.2, 0.25) is 0 Å². The van der Waals surface area contributed by atoms with Crippen molar-refractivity contribution in [3.8, 4) is 0 Å². The average molecular weight is 368 g/mol. The molecule has 0 aromatic carbocycles. The summed E-state index contributed by atoms with van der Waals surface area (Å²) >= 11 is 2.07. The topological polar surface area (TPSA) is 34.1 Å². The fraction of sp³-hybridized carbons (Fsp3) is 0.947. The molecule has 0 saturated carbocycles. The molecule has 2 atom stereocenters. The summed E-state index contributed by atoms with van der Waals surface area (Å²) in [6, 6.07) is 0.731. The molecule has 0 aromatic heterocycles. The molecule has 0 bridgehead atoms. The zero-order chi connectivity index (χ0) is 17.7. The van der Waals surface area contributed by atoms with Gasteiger partial charge in [0, 0.05) is 37.0 Å². The van der Waals surface area contributed by atoms with E-state index in [-0.39, 0.29) is 5.54 Å². The molecule has 0 aromatic rings. The second-order valence-corrected chi connectivity index (χ2v) is 9.18. The SMILES string of the molecule is CCNC(=NCC1(N(C)C)CCSC1)N1CCC(N2CCCCC2)C1. The second kappa shape index (κ2) is 8.96. The first-order valence-corrected chi connectivity index (χ1v) is 11.3. The zero-order valence-corrected chi connectivity index (χ0v) is 17.3. The molecule has 3 saturated heterocycles. The molecule has 0 spiro atoms. The van der Waals surface area contributed by atoms with Crippen molar-refractivity contribution in [2.24, 2.45) is 4.99 Å². The molecule has 6 heteroatoms. The normalized spacial score (nSPS) is 31.9. The Balaban J connectivity index is 1.62. The fourth-order valence-corrected chi connectivity index (χ4v) is 5.92. The van der Waals surface area contributed by atoms with E-state index in [2.05, 4.69) is 52.8 Å². The molecular formula is C19H37N5S. The van der Waals surface area contributed by atoms with Crippen molar-refractivity contribution in [3.05, 3.63) is 0 Å². The number of aliphatic imine (C=N–C) groups is 1. The van der Waals surface area contributed by atoms with Gasteiger partial charge in [-0.1, -0.05) is 6.42 Å². The molecule has 3 aliphatic heterocycles. The molecule has 3 aliphatic rings. The van der Waals surface area contributed by atoms with Gasteiger partial charge in [0.1, 0.15) is 0 Å². The van der Waals surface area contributed by atoms with Gasteiger partial charge in [-0.3, -0.25) is 9.89 Å². The summed E-state index contributed by atoms with van der Waals surface area (Å²) in [6.07, 6.45) is 6.73. The van der Waals surface area contributed by atoms with Gasteiger partial charge in [-0.15, -0.1) is 0 Å². The van der Waals surface area contributed by atoms with Gasteiger partial charge in [-0.25, -0.2) is 0 Å². The molecule has 3 rings (SSSR count). The quantitative estimate of drug-likeness (QED) is 0.593. The third kappa shape index (κ3) is 4.64. The highest BCUT2D eigenvalue weighted by atomic mass is 32.2. The number of nitrogens with one attached hydrogen (secondary N) is 1. The third-order valence-electron chi connectivity index (χ3n) is 6.26. The molecule has 0 radical (unpaired) electrons. The largest absolute Gasteiger partial charge is 0.357 e. The molecule has 144 valence electrons. The number of rotatable bonds is 5. The number of nitrogens with zero attached hydrogens (tertiary/aromatic N) is 4. The van der Waals surface area contributed by atoms with Crippen molar-refractivity contribution in [2.75, 3.05) is 64.9 Å². The molecule has 2 unspecified atom stereocenters. The van der Waals surface area contributed by atoms with Gasteiger partial charge in [-0.2, -0.15) is 11.8 Å². The van der Waals surface area contributed by atoms with E-state index in [1.165, 1.54) is 56.7 Å². The summed E-state index contributed by atoms with van der Waals surface area (Å²) < 4.78 is 0. The Morgan fingerprint density at radius 3 is 2.68 bits per heavy atom. The summed E-state index contributed by atoms with van der Waals surface area (Å²) in [6.45, 7) is 8.95. The minimum atomic E-state index is 0.247. The van der Waals surface area contributed by atoms with Crippen LogP contribution in [-0.2, 0) is 0 Å². The average Bonchev–Trinajstić information content (AvgIpc) is 3.30. The van der Waals surface area contributed by atoms with Crippen LogP contribution in [0.5, 0.6) is 0 Å². The van der Waals surface area contributed by atoms with E-state index >= 15 is 0 Å². The second-order valence-electron chi connectivity index (χ2n) is 8.08. The molecule has 0 aliphatic carbocycles. The predicted octanol–water partition coefficient (Wildman–Crippen LogP) is 1.95. The monoisotopic (exact) mass is 367 g/mol. The summed E-state index contributed by atoms with van der Waals surface area (Å²) in [5, 5.41) is 3.56. The molecular weight excluding hydrogens is 330 g/mol. The van der Waals surface area contributed by atoms with Gasteiger partial charge in [-0.05, 0) is 65.5 Å². The van der Waals surface area contributed by atoms with Gasteiger partial charge < -0.3 is 15.1 Å². The summed E-state index contributed by atoms with van der Waals surface area (Å²) in [4.78, 5) is 12.7. The molecule has 25 heavy (non-hydrogen) atoms. The molecule has 3 fully saturated rings. The maximum Gasteiger partial charge on any atom is 0.194 e. The van der Waals surface area contributed by atoms with Gasteiger partial charge in [0.25, 0.3) is 0 Å². The Morgan fingerprint density at radius 2 is 2.04 bits per heavy atom. The third-order valence-corrected chi connectivity index (χ3v) is 7.49. The summed E-state index contributed by atoms with van der Waals surface area (Å²) in [5.41, 5.74) is 0.247. The van der Waals surface area contributed by atoms with Crippen molar-refractivity contribution in [3.63, 3.8) is 0 Å². The van der Waals surface area contributed by atoms with Crippen LogP contribution in [0.4, 0.5) is 0 Å². The van der Waals surface area contributed by atoms with Crippen LogP contribution in [-0.4, -0.2) is 97.1 Å². The lowest BCUT2D eigenvalue weighted by atomic mass is 9.98. The molecule has 3 heterocycles. The van der Waals surface area contributed by atoms with Crippen molar-refractivity contribution >= 4 is 17.7 Å². The van der Waals surface area contributed by atoms with E-state index in [0.717, 1.165) is 38.2 Å². The minimum absolute atomic E-state index is 0.247. The highest BCUT2D eigenvalue weighted by molar-refractivity contribution is 7.99. The lowest BCUT2D eigenvalue weighted by Crippen LogP contribution is -2.49. The Hall–Kier alpha value is -0.460. The van der Waals surface area contributed by atoms with Crippen molar-refractivity contribution in [2.45, 2.75) is 50.6 Å². The maximum atomic E-state index is 5.11. The minimum Gasteiger partial charge on any atom is -0.357 e. The smallest absolute Gasteiger partial charge is 0.194 e. The zero-order valence-electron chi connectivity index (χ0n) is 16.5. The van der Waals surface area contributed by atoms with Crippen LogP contribution in [0.15, 0.2) is 4.99 Å². The summed E-state index contributed by atoms with van der Waals surface area (Å²) in [5.74, 6) is 3.62. The number of piperidine rings is 1. The van der Waals surface area contributed by atoms with Crippen LogP contribution >= 0.6 is 11.8 Å². The molecule has 5 nitrogen and oxygen atoms in total. The van der Waals surface area contributed by atoms with Crippen molar-refractivity contribution in [1.29, 1.82) is 0 Å². The maximum absolute atomic E-state index is 5.11. The van der Waals surface area contributed by atoms with Crippen LogP contribution in [0.25, 0.3) is 0 Å². The van der Waals surface area contributed by atoms with E-state index < -0.39 is 0 Å². The van der Waals surface area contributed by atoms with Crippen LogP contribution in [0.3, 0.4) is 0 Å². The number of hydrogen-bond donors (Lipinski definition) is 1. The molecule has 1 N–H and O–H groups in total. The first-order chi connectivity index (χ1) is 12.1. The summed E-state index contributed by atoms with van der Waals surface area (Å²) in [7, 11) is 4.44. The number of likely N-dealkylation sites (N-methyl/N-ethyl adjacent to an activating group) is 1. The van der Waals surface area contributed by atoms with Gasteiger partial charge in [0.05, 0.1) is 6.54 Å². The van der Waals surface area contributed by atoms with E-state index in [1.54, 1.807) is 0 Å². The first-order valence-electron chi connectivity index (χ1n) is 10.2.